The predicted octanol–water partition coefficient (Wildman–Crippen LogP) is -1.85. The van der Waals surface area contributed by atoms with Crippen molar-refractivity contribution in [3.05, 3.63) is 12.2 Å². The quantitative estimate of drug-likeness (QED) is 0.512. The molecule has 1 saturated heterocycles. The van der Waals surface area contributed by atoms with Crippen molar-refractivity contribution in [2.24, 2.45) is 5.73 Å². The molecular formula is C11H14N6O4. The van der Waals surface area contributed by atoms with Crippen molar-refractivity contribution in [3.63, 3.8) is 0 Å². The molecule has 2 aromatic heterocycles. The Balaban J connectivity index is 2.15. The summed E-state index contributed by atoms with van der Waals surface area (Å²) in [5.41, 5.74) is 11.5. The number of primary amides is 1. The van der Waals surface area contributed by atoms with Crippen LogP contribution in [0, 0.1) is 0 Å². The summed E-state index contributed by atoms with van der Waals surface area (Å²) in [5.74, 6) is -0.760. The average Bonchev–Trinajstić information content (AvgIpc) is 3.00. The molecule has 10 nitrogen and oxygen atoms in total. The lowest BCUT2D eigenvalue weighted by atomic mass is 10.2. The lowest BCUT2D eigenvalue weighted by Crippen LogP contribution is -2.24. The van der Waals surface area contributed by atoms with Gasteiger partial charge in [-0.1, -0.05) is 0 Å². The summed E-state index contributed by atoms with van der Waals surface area (Å²) in [5, 5.41) is 19.0. The van der Waals surface area contributed by atoms with E-state index < -0.39 is 24.3 Å². The average molecular weight is 294 g/mol. The van der Waals surface area contributed by atoms with E-state index in [-0.39, 0.29) is 35.8 Å². The molecule has 1 amide bonds. The van der Waals surface area contributed by atoms with Gasteiger partial charge in [-0.3, -0.25) is 9.36 Å². The first kappa shape index (κ1) is 13.7. The number of rotatable bonds is 3. The zero-order valence-electron chi connectivity index (χ0n) is 10.9. The third kappa shape index (κ3) is 2.09. The fraction of sp³-hybridized carbons (Fsp3) is 0.455. The fourth-order valence-electron chi connectivity index (χ4n) is 2.41. The van der Waals surface area contributed by atoms with Crippen LogP contribution in [0.15, 0.2) is 6.33 Å². The normalized spacial score (nSPS) is 25.5. The number of nitrogens with zero attached hydrogens (tertiary/aromatic N) is 4. The molecule has 1 aliphatic heterocycles. The highest BCUT2D eigenvalue weighted by atomic mass is 16.5. The van der Waals surface area contributed by atoms with Crippen LogP contribution in [-0.4, -0.2) is 54.5 Å². The number of nitrogen functional groups attached to an aromatic ring is 1. The maximum Gasteiger partial charge on any atom is 0.284 e. The summed E-state index contributed by atoms with van der Waals surface area (Å²) < 4.78 is 6.89. The van der Waals surface area contributed by atoms with E-state index in [1.807, 2.05) is 0 Å². The van der Waals surface area contributed by atoms with Crippen molar-refractivity contribution >= 4 is 22.9 Å². The number of aliphatic hydroxyl groups excluding tert-OH is 2. The second kappa shape index (κ2) is 4.91. The van der Waals surface area contributed by atoms with Gasteiger partial charge in [-0.15, -0.1) is 0 Å². The number of carbonyl (C=O) groups is 1. The largest absolute Gasteiger partial charge is 0.394 e. The van der Waals surface area contributed by atoms with Gasteiger partial charge in [0, 0.05) is 6.42 Å². The van der Waals surface area contributed by atoms with Crippen molar-refractivity contribution in [1.82, 2.24) is 19.5 Å². The van der Waals surface area contributed by atoms with Gasteiger partial charge in [-0.25, -0.2) is 15.0 Å². The van der Waals surface area contributed by atoms with E-state index in [2.05, 4.69) is 15.0 Å². The van der Waals surface area contributed by atoms with Gasteiger partial charge in [-0.2, -0.15) is 0 Å². The number of carbonyl (C=O) groups excluding carboxylic acids is 1. The second-order valence-corrected chi connectivity index (χ2v) is 4.72. The monoisotopic (exact) mass is 294 g/mol. The summed E-state index contributed by atoms with van der Waals surface area (Å²) >= 11 is 0. The minimum Gasteiger partial charge on any atom is -0.394 e. The molecule has 0 bridgehead atoms. The van der Waals surface area contributed by atoms with E-state index in [4.69, 9.17) is 21.3 Å². The number of amides is 1. The molecule has 0 aromatic carbocycles. The molecule has 112 valence electrons. The first-order chi connectivity index (χ1) is 10.0. The molecule has 0 aliphatic carbocycles. The number of imidazole rings is 1. The highest BCUT2D eigenvalue weighted by Gasteiger charge is 2.37. The Labute approximate surface area is 118 Å². The Morgan fingerprint density at radius 1 is 1.52 bits per heavy atom. The van der Waals surface area contributed by atoms with Crippen LogP contribution in [0.4, 0.5) is 5.82 Å². The van der Waals surface area contributed by atoms with E-state index in [1.165, 1.54) is 10.9 Å². The zero-order valence-corrected chi connectivity index (χ0v) is 10.9. The van der Waals surface area contributed by atoms with Gasteiger partial charge >= 0.3 is 0 Å². The van der Waals surface area contributed by atoms with Crippen LogP contribution in [0.5, 0.6) is 0 Å². The predicted molar refractivity (Wildman–Crippen MR) is 69.9 cm³/mol. The van der Waals surface area contributed by atoms with Crippen LogP contribution in [0.25, 0.3) is 11.2 Å². The minimum atomic E-state index is -0.864. The Hall–Kier alpha value is -2.30. The topological polar surface area (TPSA) is 162 Å². The van der Waals surface area contributed by atoms with Crippen LogP contribution in [0.3, 0.4) is 0 Å². The maximum absolute atomic E-state index is 11.6. The standard InChI is InChI=1S/C11H14N6O4/c12-8-7-10(15-3-14-8)17(11(16-7)9(13)20)6-1-4(19)5(2-18)21-6/h3-6,18-19H,1-2H2,(H2,13,20)(H2,12,14,15)/t4-,5+,6+/m0/s1. The molecule has 21 heavy (non-hydrogen) atoms. The molecule has 1 fully saturated rings. The zero-order chi connectivity index (χ0) is 15.1. The maximum atomic E-state index is 11.6. The summed E-state index contributed by atoms with van der Waals surface area (Å²) in [6.07, 6.45) is -0.931. The number of aromatic nitrogens is 4. The Morgan fingerprint density at radius 3 is 2.90 bits per heavy atom. The molecule has 0 spiro atoms. The lowest BCUT2D eigenvalue weighted by molar-refractivity contribution is -0.0437. The number of nitrogens with two attached hydrogens (primary N) is 2. The minimum absolute atomic E-state index is 0.0898. The number of aliphatic hydroxyl groups is 2. The van der Waals surface area contributed by atoms with E-state index in [0.29, 0.717) is 0 Å². The second-order valence-electron chi connectivity index (χ2n) is 4.72. The highest BCUT2D eigenvalue weighted by molar-refractivity contribution is 5.94. The fourth-order valence-corrected chi connectivity index (χ4v) is 2.41. The van der Waals surface area contributed by atoms with Crippen LogP contribution < -0.4 is 11.5 Å². The summed E-state index contributed by atoms with van der Waals surface area (Å²) in [7, 11) is 0. The van der Waals surface area contributed by atoms with Gasteiger partial charge < -0.3 is 26.4 Å². The Morgan fingerprint density at radius 2 is 2.29 bits per heavy atom. The first-order valence-corrected chi connectivity index (χ1v) is 6.25. The molecule has 0 unspecified atom stereocenters. The van der Waals surface area contributed by atoms with Gasteiger partial charge in [0.2, 0.25) is 5.82 Å². The Kier molecular flexibility index (Phi) is 3.20. The molecule has 1 aliphatic rings. The van der Waals surface area contributed by atoms with Crippen molar-refractivity contribution in [1.29, 1.82) is 0 Å². The van der Waals surface area contributed by atoms with E-state index >= 15 is 0 Å². The number of ether oxygens (including phenoxy) is 1. The van der Waals surface area contributed by atoms with Gasteiger partial charge in [0.05, 0.1) is 12.7 Å². The van der Waals surface area contributed by atoms with E-state index in [9.17, 15) is 9.90 Å². The van der Waals surface area contributed by atoms with Crippen LogP contribution in [0.2, 0.25) is 0 Å². The van der Waals surface area contributed by atoms with Gasteiger partial charge in [0.1, 0.15) is 18.7 Å². The molecule has 0 saturated carbocycles. The van der Waals surface area contributed by atoms with Crippen LogP contribution in [-0.2, 0) is 4.74 Å². The number of hydrogen-bond donors (Lipinski definition) is 4. The van der Waals surface area contributed by atoms with Crippen LogP contribution in [0.1, 0.15) is 23.3 Å². The van der Waals surface area contributed by atoms with Gasteiger partial charge in [0.15, 0.2) is 17.0 Å². The molecule has 3 atom stereocenters. The number of hydrogen-bond acceptors (Lipinski definition) is 8. The lowest BCUT2D eigenvalue weighted by Gasteiger charge is -2.15. The number of fused-ring (bicyclic) bond motifs is 1. The molecule has 3 rings (SSSR count). The van der Waals surface area contributed by atoms with Crippen molar-refractivity contribution < 1.29 is 19.7 Å². The number of anilines is 1. The summed E-state index contributed by atoms with van der Waals surface area (Å²) in [6.45, 7) is -0.340. The third-order valence-corrected chi connectivity index (χ3v) is 3.40. The molecule has 6 N–H and O–H groups in total. The molecule has 3 heterocycles. The third-order valence-electron chi connectivity index (χ3n) is 3.40. The molecule has 0 radical (unpaired) electrons. The molecular weight excluding hydrogens is 280 g/mol. The molecule has 2 aromatic rings. The van der Waals surface area contributed by atoms with Crippen molar-refractivity contribution in [2.45, 2.75) is 24.9 Å². The van der Waals surface area contributed by atoms with Gasteiger partial charge in [-0.05, 0) is 0 Å². The molecule has 10 heteroatoms. The van der Waals surface area contributed by atoms with Crippen molar-refractivity contribution in [2.75, 3.05) is 12.3 Å². The van der Waals surface area contributed by atoms with Gasteiger partial charge in [0.25, 0.3) is 5.91 Å². The van der Waals surface area contributed by atoms with E-state index in [0.717, 1.165) is 0 Å². The summed E-state index contributed by atoms with van der Waals surface area (Å²) in [4.78, 5) is 23.5. The highest BCUT2D eigenvalue weighted by Crippen LogP contribution is 2.32. The summed E-state index contributed by atoms with van der Waals surface area (Å²) in [6, 6.07) is 0. The first-order valence-electron chi connectivity index (χ1n) is 6.25. The van der Waals surface area contributed by atoms with Crippen molar-refractivity contribution in [3.8, 4) is 0 Å². The van der Waals surface area contributed by atoms with E-state index in [1.54, 1.807) is 0 Å². The smallest absolute Gasteiger partial charge is 0.284 e. The van der Waals surface area contributed by atoms with Crippen LogP contribution >= 0.6 is 0 Å². The Bertz CT molecular complexity index is 701. The SMILES string of the molecule is NC(=O)c1nc2c(N)ncnc2n1[C@H]1C[C@H](O)[C@@H](CO)O1.